The number of nitrogens with one attached hydrogen (secondary N) is 1. The zero-order valence-electron chi connectivity index (χ0n) is 17.3. The van der Waals surface area contributed by atoms with Gasteiger partial charge in [-0.15, -0.1) is 0 Å². The molecule has 0 fully saturated rings. The Morgan fingerprint density at radius 2 is 1.50 bits per heavy atom. The Bertz CT molecular complexity index is 1000. The number of rotatable bonds is 9. The summed E-state index contributed by atoms with van der Waals surface area (Å²) >= 11 is 0. The van der Waals surface area contributed by atoms with Crippen LogP contribution in [0.1, 0.15) is 21.5 Å². The SMILES string of the molecule is COc1cccc(OCc2cc(C(=O)NCc3ccccc3OC)ccc2OC)c1. The molecule has 0 atom stereocenters. The van der Waals surface area contributed by atoms with E-state index in [4.69, 9.17) is 18.9 Å². The van der Waals surface area contributed by atoms with Gasteiger partial charge in [0.15, 0.2) is 0 Å². The van der Waals surface area contributed by atoms with Crippen LogP contribution in [-0.4, -0.2) is 27.2 Å². The Labute approximate surface area is 176 Å². The maximum atomic E-state index is 12.7. The van der Waals surface area contributed by atoms with Gasteiger partial charge in [0.25, 0.3) is 5.91 Å². The molecule has 0 saturated carbocycles. The molecule has 156 valence electrons. The third-order valence-corrected chi connectivity index (χ3v) is 4.61. The molecule has 3 rings (SSSR count). The molecule has 0 unspecified atom stereocenters. The topological polar surface area (TPSA) is 66.0 Å². The Morgan fingerprint density at radius 3 is 2.27 bits per heavy atom. The quantitative estimate of drug-likeness (QED) is 0.575. The van der Waals surface area contributed by atoms with Crippen molar-refractivity contribution in [1.82, 2.24) is 5.32 Å². The van der Waals surface area contributed by atoms with E-state index in [1.54, 1.807) is 45.6 Å². The van der Waals surface area contributed by atoms with Crippen molar-refractivity contribution in [1.29, 1.82) is 0 Å². The van der Waals surface area contributed by atoms with Gasteiger partial charge < -0.3 is 24.3 Å². The summed E-state index contributed by atoms with van der Waals surface area (Å²) in [6, 6.07) is 20.2. The molecule has 1 amide bonds. The van der Waals surface area contributed by atoms with Crippen LogP contribution in [0.4, 0.5) is 0 Å². The van der Waals surface area contributed by atoms with Gasteiger partial charge in [-0.05, 0) is 36.4 Å². The minimum absolute atomic E-state index is 0.189. The minimum atomic E-state index is -0.189. The number of hydrogen-bond acceptors (Lipinski definition) is 5. The standard InChI is InChI=1S/C24H25NO5/c1-27-20-8-6-9-21(14-20)30-16-19-13-17(11-12-23(19)29-3)24(26)25-15-18-7-4-5-10-22(18)28-2/h4-14H,15-16H2,1-3H3,(H,25,26). The van der Waals surface area contributed by atoms with E-state index < -0.39 is 0 Å². The predicted octanol–water partition coefficient (Wildman–Crippen LogP) is 4.22. The van der Waals surface area contributed by atoms with Crippen LogP contribution in [0.5, 0.6) is 23.0 Å². The van der Waals surface area contributed by atoms with E-state index in [0.717, 1.165) is 16.9 Å². The van der Waals surface area contributed by atoms with Gasteiger partial charge in [-0.3, -0.25) is 4.79 Å². The Morgan fingerprint density at radius 1 is 0.767 bits per heavy atom. The second-order valence-electron chi connectivity index (χ2n) is 6.49. The first-order valence-corrected chi connectivity index (χ1v) is 9.48. The molecule has 3 aromatic carbocycles. The van der Waals surface area contributed by atoms with Crippen molar-refractivity contribution in [2.75, 3.05) is 21.3 Å². The summed E-state index contributed by atoms with van der Waals surface area (Å²) in [4.78, 5) is 12.7. The first-order chi connectivity index (χ1) is 14.6. The third-order valence-electron chi connectivity index (χ3n) is 4.61. The van der Waals surface area contributed by atoms with E-state index in [9.17, 15) is 4.79 Å². The summed E-state index contributed by atoms with van der Waals surface area (Å²) in [7, 11) is 4.81. The summed E-state index contributed by atoms with van der Waals surface area (Å²) in [6.45, 7) is 0.620. The maximum Gasteiger partial charge on any atom is 0.251 e. The summed E-state index contributed by atoms with van der Waals surface area (Å²) in [6.07, 6.45) is 0. The van der Waals surface area contributed by atoms with Crippen LogP contribution < -0.4 is 24.3 Å². The summed E-state index contributed by atoms with van der Waals surface area (Å²) in [5.74, 6) is 2.58. The lowest BCUT2D eigenvalue weighted by atomic mass is 10.1. The highest BCUT2D eigenvalue weighted by atomic mass is 16.5. The molecule has 0 aliphatic heterocycles. The van der Waals surface area contributed by atoms with E-state index in [-0.39, 0.29) is 12.5 Å². The number of para-hydroxylation sites is 1. The number of hydrogen-bond donors (Lipinski definition) is 1. The molecule has 6 heteroatoms. The second kappa shape index (κ2) is 10.2. The van der Waals surface area contributed by atoms with Gasteiger partial charge in [0.05, 0.1) is 21.3 Å². The van der Waals surface area contributed by atoms with Crippen molar-refractivity contribution in [2.24, 2.45) is 0 Å². The largest absolute Gasteiger partial charge is 0.497 e. The molecule has 0 radical (unpaired) electrons. The van der Waals surface area contributed by atoms with Crippen molar-refractivity contribution in [3.05, 3.63) is 83.4 Å². The lowest BCUT2D eigenvalue weighted by molar-refractivity contribution is 0.0950. The summed E-state index contributed by atoms with van der Waals surface area (Å²) < 4.78 is 21.8. The molecule has 0 saturated heterocycles. The number of methoxy groups -OCH3 is 3. The van der Waals surface area contributed by atoms with Crippen LogP contribution in [0.25, 0.3) is 0 Å². The molecule has 0 bridgehead atoms. The molecular formula is C24H25NO5. The Hall–Kier alpha value is -3.67. The van der Waals surface area contributed by atoms with Crippen LogP contribution in [0.3, 0.4) is 0 Å². The molecule has 0 spiro atoms. The van der Waals surface area contributed by atoms with Crippen molar-refractivity contribution < 1.29 is 23.7 Å². The average molecular weight is 407 g/mol. The second-order valence-corrected chi connectivity index (χ2v) is 6.49. The normalized spacial score (nSPS) is 10.2. The van der Waals surface area contributed by atoms with Gasteiger partial charge in [-0.2, -0.15) is 0 Å². The van der Waals surface area contributed by atoms with E-state index in [0.29, 0.717) is 29.4 Å². The monoisotopic (exact) mass is 407 g/mol. The van der Waals surface area contributed by atoms with Crippen LogP contribution in [0.15, 0.2) is 66.7 Å². The Kier molecular flexibility index (Phi) is 7.16. The molecule has 0 heterocycles. The number of carbonyl (C=O) groups is 1. The van der Waals surface area contributed by atoms with Crippen molar-refractivity contribution in [2.45, 2.75) is 13.2 Å². The zero-order chi connectivity index (χ0) is 21.3. The predicted molar refractivity (Wildman–Crippen MR) is 114 cm³/mol. The molecule has 0 aliphatic rings. The van der Waals surface area contributed by atoms with E-state index >= 15 is 0 Å². The van der Waals surface area contributed by atoms with Gasteiger partial charge in [-0.25, -0.2) is 0 Å². The number of carbonyl (C=O) groups excluding carboxylic acids is 1. The number of benzene rings is 3. The molecule has 6 nitrogen and oxygen atoms in total. The summed E-state index contributed by atoms with van der Waals surface area (Å²) in [5.41, 5.74) is 2.20. The fourth-order valence-corrected chi connectivity index (χ4v) is 3.01. The fraction of sp³-hybridized carbons (Fsp3) is 0.208. The number of ether oxygens (including phenoxy) is 4. The van der Waals surface area contributed by atoms with Crippen LogP contribution in [0, 0.1) is 0 Å². The average Bonchev–Trinajstić information content (AvgIpc) is 2.81. The molecule has 0 aliphatic carbocycles. The highest BCUT2D eigenvalue weighted by Crippen LogP contribution is 2.24. The van der Waals surface area contributed by atoms with Gasteiger partial charge in [-0.1, -0.05) is 24.3 Å². The summed E-state index contributed by atoms with van der Waals surface area (Å²) in [5, 5.41) is 2.93. The highest BCUT2D eigenvalue weighted by Gasteiger charge is 2.12. The first kappa shape index (κ1) is 21.0. The van der Waals surface area contributed by atoms with E-state index in [2.05, 4.69) is 5.32 Å². The highest BCUT2D eigenvalue weighted by molar-refractivity contribution is 5.94. The van der Waals surface area contributed by atoms with Gasteiger partial charge >= 0.3 is 0 Å². The lowest BCUT2D eigenvalue weighted by Crippen LogP contribution is -2.23. The van der Waals surface area contributed by atoms with Crippen LogP contribution >= 0.6 is 0 Å². The van der Waals surface area contributed by atoms with Crippen LogP contribution in [0.2, 0.25) is 0 Å². The van der Waals surface area contributed by atoms with Crippen molar-refractivity contribution >= 4 is 5.91 Å². The van der Waals surface area contributed by atoms with E-state index in [1.165, 1.54) is 0 Å². The molecular weight excluding hydrogens is 382 g/mol. The van der Waals surface area contributed by atoms with Gasteiger partial charge in [0.1, 0.15) is 29.6 Å². The molecule has 30 heavy (non-hydrogen) atoms. The zero-order valence-corrected chi connectivity index (χ0v) is 17.3. The Balaban J connectivity index is 1.70. The number of amides is 1. The molecule has 1 N–H and O–H groups in total. The minimum Gasteiger partial charge on any atom is -0.497 e. The van der Waals surface area contributed by atoms with Crippen molar-refractivity contribution in [3.8, 4) is 23.0 Å². The fourth-order valence-electron chi connectivity index (χ4n) is 3.01. The van der Waals surface area contributed by atoms with Gasteiger partial charge in [0, 0.05) is 29.3 Å². The van der Waals surface area contributed by atoms with E-state index in [1.807, 2.05) is 42.5 Å². The smallest absolute Gasteiger partial charge is 0.251 e. The maximum absolute atomic E-state index is 12.7. The lowest BCUT2D eigenvalue weighted by Gasteiger charge is -2.13. The molecule has 3 aromatic rings. The molecule has 0 aromatic heterocycles. The van der Waals surface area contributed by atoms with Gasteiger partial charge in [0.2, 0.25) is 0 Å². The first-order valence-electron chi connectivity index (χ1n) is 9.48. The van der Waals surface area contributed by atoms with Crippen LogP contribution in [-0.2, 0) is 13.2 Å². The third kappa shape index (κ3) is 5.23. The van der Waals surface area contributed by atoms with Crippen molar-refractivity contribution in [3.63, 3.8) is 0 Å².